The van der Waals surface area contributed by atoms with E-state index in [9.17, 15) is 25.2 Å². The zero-order chi connectivity index (χ0) is 17.0. The van der Waals surface area contributed by atoms with Gasteiger partial charge in [0.2, 0.25) is 0 Å². The molecule has 0 radical (unpaired) electrons. The molecule has 1 atom stereocenters. The Balaban J connectivity index is 0.00000211. The first-order chi connectivity index (χ1) is 10.5. The normalized spacial score (nSPS) is 19.5. The molecule has 1 aliphatic rings. The van der Waals surface area contributed by atoms with Crippen LogP contribution in [-0.2, 0) is 27.2 Å². The Kier molecular flexibility index (Phi) is 11.0. The third-order valence-electron chi connectivity index (χ3n) is 2.42. The summed E-state index contributed by atoms with van der Waals surface area (Å²) in [4.78, 5) is 20.0. The summed E-state index contributed by atoms with van der Waals surface area (Å²) in [7, 11) is 0. The Hall–Kier alpha value is -1.71. The molecule has 11 heteroatoms. The molecule has 0 saturated carbocycles. The van der Waals surface area contributed by atoms with Crippen molar-refractivity contribution in [3.05, 3.63) is 5.32 Å². The van der Waals surface area contributed by atoms with E-state index in [1.54, 1.807) is 0 Å². The average molecular weight is 396 g/mol. The molecule has 1 rings (SSSR count). The van der Waals surface area contributed by atoms with Crippen molar-refractivity contribution >= 4 is 23.7 Å². The van der Waals surface area contributed by atoms with Crippen molar-refractivity contribution in [2.45, 2.75) is 18.9 Å². The summed E-state index contributed by atoms with van der Waals surface area (Å²) in [5.41, 5.74) is 0. The van der Waals surface area contributed by atoms with E-state index in [1.165, 1.54) is 0 Å². The first kappa shape index (κ1) is 20.3. The van der Waals surface area contributed by atoms with Crippen LogP contribution >= 0.6 is 0 Å². The number of hydrogen-bond donors (Lipinski definition) is 0. The fraction of sp³-hybridized carbons (Fsp3) is 0.636. The van der Waals surface area contributed by atoms with Crippen LogP contribution in [0.4, 0.5) is 0 Å². The standard InChI is InChI=1S/C11H17N4O5.O.Tc/c16-8(14-6-10(18)19)4-13-9(17)5-15-11(20)7-2-1-3-12-7;;/h7H,1-6H2,(H,13,17)(H,14,16)(H,15,20)(H,18,19);;/q-1;;/p-4/t7-;;/m0../s1/i;;1+1. The topological polar surface area (TPSA) is 178 Å². The van der Waals surface area contributed by atoms with E-state index in [0.717, 1.165) is 25.3 Å². The first-order valence-corrected chi connectivity index (χ1v) is 6.89. The molecule has 0 unspecified atom stereocenters. The third-order valence-corrected chi connectivity index (χ3v) is 2.42. The van der Waals surface area contributed by atoms with Crippen molar-refractivity contribution in [2.24, 2.45) is 15.0 Å². The molecule has 0 aromatic carbocycles. The van der Waals surface area contributed by atoms with Crippen molar-refractivity contribution in [1.82, 2.24) is 0 Å². The molecule has 0 aromatic rings. The molecule has 1 fully saturated rings. The Morgan fingerprint density at radius 2 is 1.55 bits per heavy atom. The summed E-state index contributed by atoms with van der Waals surface area (Å²) >= 11 is 0.900. The monoisotopic (exact) mass is 396 g/mol. The van der Waals surface area contributed by atoms with Gasteiger partial charge in [0.1, 0.15) is 0 Å². The van der Waals surface area contributed by atoms with E-state index in [1.807, 2.05) is 0 Å². The van der Waals surface area contributed by atoms with Gasteiger partial charge in [-0.25, -0.2) is 0 Å². The number of carbonyl (C=O) groups is 1. The van der Waals surface area contributed by atoms with Crippen LogP contribution in [0.25, 0.3) is 5.32 Å². The average Bonchev–Trinajstić information content (AvgIpc) is 3.04. The Morgan fingerprint density at radius 1 is 1.00 bits per heavy atom. The fourth-order valence-corrected chi connectivity index (χ4v) is 1.48. The Labute approximate surface area is 137 Å². The van der Waals surface area contributed by atoms with Gasteiger partial charge in [0, 0.05) is 0 Å². The molecule has 10 nitrogen and oxygen atoms in total. The van der Waals surface area contributed by atoms with Gasteiger partial charge in [-0.15, -0.1) is 12.6 Å². The molecule has 0 aromatic heterocycles. The van der Waals surface area contributed by atoms with Crippen LogP contribution in [0, 0.1) is 0 Å². The van der Waals surface area contributed by atoms with Crippen molar-refractivity contribution in [1.29, 1.82) is 0 Å². The number of carboxylic acids is 1. The van der Waals surface area contributed by atoms with Crippen LogP contribution < -0.4 is 20.4 Å². The molecule has 0 spiro atoms. The molecule has 1 saturated heterocycles. The molecular weight excluding hydrogens is 383 g/mol. The Morgan fingerprint density at radius 3 is 2.05 bits per heavy atom. The van der Waals surface area contributed by atoms with Gasteiger partial charge < -0.3 is 35.5 Å². The van der Waals surface area contributed by atoms with Crippen molar-refractivity contribution < 1.29 is 47.6 Å². The molecular formula is C11H13N4O6Tc-5. The second-order valence-electron chi connectivity index (χ2n) is 4.01. The molecule has 0 bridgehead atoms. The molecule has 0 aliphatic carbocycles. The zero-order valence-corrected chi connectivity index (χ0v) is 13.3. The molecule has 22 heavy (non-hydrogen) atoms. The minimum absolute atomic E-state index is 0.446. The van der Waals surface area contributed by atoms with E-state index in [2.05, 4.69) is 20.3 Å². The van der Waals surface area contributed by atoms with Gasteiger partial charge in [0.05, 0.1) is 25.6 Å². The minimum atomic E-state index is -1.49. The molecule has 0 N–H and O–H groups in total. The SMILES string of the molecule is O=C([O-])CN=C([O-])CN=C([O-])CN=C([O-])[C@@H]1CCC[N-]1.[O]=[99Tc]. The van der Waals surface area contributed by atoms with Crippen LogP contribution in [0.3, 0.4) is 0 Å². The summed E-state index contributed by atoms with van der Waals surface area (Å²) in [6.45, 7) is -1.16. The summed E-state index contributed by atoms with van der Waals surface area (Å²) in [6.07, 6.45) is 1.47. The van der Waals surface area contributed by atoms with Crippen LogP contribution in [0.5, 0.6) is 0 Å². The second-order valence-corrected chi connectivity index (χ2v) is 4.01. The van der Waals surface area contributed by atoms with E-state index in [-0.39, 0.29) is 0 Å². The first-order valence-electron chi connectivity index (χ1n) is 6.13. The quantitative estimate of drug-likeness (QED) is 0.309. The zero-order valence-electron chi connectivity index (χ0n) is 11.4. The van der Waals surface area contributed by atoms with Gasteiger partial charge in [-0.2, -0.15) is 0 Å². The molecule has 0 amide bonds. The number of hydrogen-bond acceptors (Lipinski definition) is 9. The predicted octanol–water partition coefficient (Wildman–Crippen LogP) is -4.57. The Bertz CT molecular complexity index is 448. The maximum atomic E-state index is 11.5. The second kappa shape index (κ2) is 11.9. The number of carbonyl (C=O) groups excluding carboxylic acids is 1. The predicted molar refractivity (Wildman–Crippen MR) is 63.8 cm³/mol. The third kappa shape index (κ3) is 9.27. The number of nitrogens with zero attached hydrogens (tertiary/aromatic N) is 4. The summed E-state index contributed by atoms with van der Waals surface area (Å²) in [5, 5.41) is 47.7. The van der Waals surface area contributed by atoms with E-state index < -0.39 is 49.3 Å². The van der Waals surface area contributed by atoms with Crippen LogP contribution in [0.2, 0.25) is 0 Å². The van der Waals surface area contributed by atoms with E-state index in [4.69, 9.17) is 3.50 Å². The van der Waals surface area contributed by atoms with Gasteiger partial charge in [0.25, 0.3) is 0 Å². The summed E-state index contributed by atoms with van der Waals surface area (Å²) < 4.78 is 8.22. The fourth-order valence-electron chi connectivity index (χ4n) is 1.48. The van der Waals surface area contributed by atoms with Crippen molar-refractivity contribution in [3.8, 4) is 0 Å². The molecule has 125 valence electrons. The van der Waals surface area contributed by atoms with Crippen molar-refractivity contribution in [3.63, 3.8) is 0 Å². The summed E-state index contributed by atoms with van der Waals surface area (Å²) in [5.74, 6) is -3.54. The van der Waals surface area contributed by atoms with Crippen LogP contribution in [-0.4, -0.2) is 55.9 Å². The van der Waals surface area contributed by atoms with Gasteiger partial charge in [0.15, 0.2) is 0 Å². The van der Waals surface area contributed by atoms with Crippen LogP contribution in [0.15, 0.2) is 15.0 Å². The summed E-state index contributed by atoms with van der Waals surface area (Å²) in [6, 6.07) is -0.470. The molecule has 1 aliphatic heterocycles. The van der Waals surface area contributed by atoms with Gasteiger partial charge in [-0.1, -0.05) is 18.7 Å². The van der Waals surface area contributed by atoms with Crippen molar-refractivity contribution in [2.75, 3.05) is 26.2 Å². The van der Waals surface area contributed by atoms with E-state index >= 15 is 0 Å². The van der Waals surface area contributed by atoms with Gasteiger partial charge >= 0.3 is 22.4 Å². The van der Waals surface area contributed by atoms with Gasteiger partial charge in [-0.05, 0) is 11.8 Å². The molecule has 1 heterocycles. The number of aliphatic carboxylic acids is 1. The number of carboxylic acid groups (broad SMARTS) is 1. The number of rotatable bonds is 7. The maximum absolute atomic E-state index is 11.5. The van der Waals surface area contributed by atoms with Gasteiger partial charge in [-0.3, -0.25) is 9.98 Å². The number of aliphatic imine (C=N–C) groups is 3. The van der Waals surface area contributed by atoms with Crippen LogP contribution in [0.1, 0.15) is 12.8 Å². The van der Waals surface area contributed by atoms with E-state index in [0.29, 0.717) is 13.0 Å².